The molecule has 0 bridgehead atoms. The smallest absolute Gasteiger partial charge is 0.272 e. The Morgan fingerprint density at radius 3 is 2.71 bits per heavy atom. The molecule has 1 N–H and O–H groups in total. The van der Waals surface area contributed by atoms with Crippen LogP contribution in [0.15, 0.2) is 41.0 Å². The summed E-state index contributed by atoms with van der Waals surface area (Å²) in [5.74, 6) is -0.109. The molecule has 2 rings (SSSR count). The van der Waals surface area contributed by atoms with Gasteiger partial charge in [0.15, 0.2) is 0 Å². The Balaban J connectivity index is 2.22. The first-order valence-electron chi connectivity index (χ1n) is 5.27. The largest absolute Gasteiger partial charge is 0.347 e. The van der Waals surface area contributed by atoms with Crippen LogP contribution in [-0.2, 0) is 7.05 Å². The Morgan fingerprint density at radius 1 is 1.35 bits per heavy atom. The van der Waals surface area contributed by atoms with Crippen LogP contribution in [0.5, 0.6) is 0 Å². The normalized spacial score (nSPS) is 10.3. The van der Waals surface area contributed by atoms with E-state index in [0.717, 1.165) is 15.7 Å². The summed E-state index contributed by atoms with van der Waals surface area (Å²) >= 11 is 3.44. The number of aromatic nitrogens is 1. The van der Waals surface area contributed by atoms with Gasteiger partial charge >= 0.3 is 0 Å². The van der Waals surface area contributed by atoms with Crippen molar-refractivity contribution in [1.82, 2.24) is 4.57 Å². The van der Waals surface area contributed by atoms with Crippen LogP contribution >= 0.6 is 15.9 Å². The van der Waals surface area contributed by atoms with E-state index in [1.54, 1.807) is 10.6 Å². The summed E-state index contributed by atoms with van der Waals surface area (Å²) in [5, 5.41) is 2.87. The number of hydrogen-bond donors (Lipinski definition) is 1. The van der Waals surface area contributed by atoms with Gasteiger partial charge in [-0.1, -0.05) is 6.07 Å². The lowest BCUT2D eigenvalue weighted by Gasteiger charge is -2.08. The maximum Gasteiger partial charge on any atom is 0.272 e. The molecule has 0 fully saturated rings. The van der Waals surface area contributed by atoms with Crippen LogP contribution < -0.4 is 5.32 Å². The second-order valence-corrected chi connectivity index (χ2v) is 4.80. The fraction of sp³-hybridized carbons (Fsp3) is 0.154. The Bertz CT molecular complexity index is 560. The molecule has 3 nitrogen and oxygen atoms in total. The zero-order valence-electron chi connectivity index (χ0n) is 9.70. The molecule has 4 heteroatoms. The van der Waals surface area contributed by atoms with E-state index in [4.69, 9.17) is 0 Å². The molecular formula is C13H13BrN2O. The summed E-state index contributed by atoms with van der Waals surface area (Å²) in [5.41, 5.74) is 2.56. The summed E-state index contributed by atoms with van der Waals surface area (Å²) < 4.78 is 2.68. The topological polar surface area (TPSA) is 34.0 Å². The van der Waals surface area contributed by atoms with Crippen molar-refractivity contribution in [2.24, 2.45) is 7.05 Å². The molecule has 0 aliphatic carbocycles. The third kappa shape index (κ3) is 2.58. The average molecular weight is 293 g/mol. The molecule has 0 radical (unpaired) electrons. The van der Waals surface area contributed by atoms with Gasteiger partial charge in [0.25, 0.3) is 5.91 Å². The predicted octanol–water partition coefficient (Wildman–Crippen LogP) is 3.35. The number of nitrogens with one attached hydrogen (secondary N) is 1. The number of anilines is 1. The second kappa shape index (κ2) is 4.75. The van der Waals surface area contributed by atoms with E-state index in [0.29, 0.717) is 5.69 Å². The van der Waals surface area contributed by atoms with Gasteiger partial charge in [0.2, 0.25) is 0 Å². The number of carbonyl (C=O) groups excluding carboxylic acids is 1. The maximum absolute atomic E-state index is 12.0. The van der Waals surface area contributed by atoms with Crippen LogP contribution in [0.2, 0.25) is 0 Å². The molecule has 0 saturated heterocycles. The standard InChI is InChI=1S/C13H13BrN2O/c1-9-5-6-11(10(14)8-9)15-13(17)12-4-3-7-16(12)2/h3-8H,1-2H3,(H,15,17). The Hall–Kier alpha value is -1.55. The molecule has 0 spiro atoms. The number of rotatable bonds is 2. The minimum Gasteiger partial charge on any atom is -0.347 e. The van der Waals surface area contributed by atoms with E-state index >= 15 is 0 Å². The molecule has 0 unspecified atom stereocenters. The van der Waals surface area contributed by atoms with Crippen molar-refractivity contribution in [2.45, 2.75) is 6.92 Å². The van der Waals surface area contributed by atoms with Crippen LogP contribution in [0.25, 0.3) is 0 Å². The van der Waals surface area contributed by atoms with Gasteiger partial charge < -0.3 is 9.88 Å². The lowest BCUT2D eigenvalue weighted by molar-refractivity contribution is 0.101. The SMILES string of the molecule is Cc1ccc(NC(=O)c2cccn2C)c(Br)c1. The number of halogens is 1. The molecule has 1 heterocycles. The third-order valence-electron chi connectivity index (χ3n) is 2.55. The highest BCUT2D eigenvalue weighted by Gasteiger charge is 2.10. The molecule has 88 valence electrons. The van der Waals surface area contributed by atoms with E-state index in [9.17, 15) is 4.79 Å². The van der Waals surface area contributed by atoms with Gasteiger partial charge in [0.05, 0.1) is 5.69 Å². The van der Waals surface area contributed by atoms with Gasteiger partial charge in [0, 0.05) is 17.7 Å². The van der Waals surface area contributed by atoms with Crippen LogP contribution in [0.3, 0.4) is 0 Å². The van der Waals surface area contributed by atoms with Crippen molar-refractivity contribution in [3.05, 3.63) is 52.3 Å². The van der Waals surface area contributed by atoms with Gasteiger partial charge in [-0.05, 0) is 52.7 Å². The zero-order chi connectivity index (χ0) is 12.4. The first kappa shape index (κ1) is 11.9. The molecule has 2 aromatic rings. The zero-order valence-corrected chi connectivity index (χ0v) is 11.3. The molecule has 1 amide bonds. The molecule has 0 saturated carbocycles. The lowest BCUT2D eigenvalue weighted by atomic mass is 10.2. The third-order valence-corrected chi connectivity index (χ3v) is 3.21. The number of amides is 1. The average Bonchev–Trinajstić information content (AvgIpc) is 2.68. The van der Waals surface area contributed by atoms with Gasteiger partial charge in [-0.2, -0.15) is 0 Å². The summed E-state index contributed by atoms with van der Waals surface area (Å²) in [6, 6.07) is 9.46. The number of carbonyl (C=O) groups is 1. The number of aryl methyl sites for hydroxylation is 2. The summed E-state index contributed by atoms with van der Waals surface area (Å²) in [7, 11) is 1.85. The molecule has 1 aromatic carbocycles. The highest BCUT2D eigenvalue weighted by molar-refractivity contribution is 9.10. The highest BCUT2D eigenvalue weighted by Crippen LogP contribution is 2.23. The van der Waals surface area contributed by atoms with Gasteiger partial charge in [-0.3, -0.25) is 4.79 Å². The van der Waals surface area contributed by atoms with E-state index in [-0.39, 0.29) is 5.91 Å². The summed E-state index contributed by atoms with van der Waals surface area (Å²) in [4.78, 5) is 12.0. The van der Waals surface area contributed by atoms with Crippen molar-refractivity contribution >= 4 is 27.5 Å². The van der Waals surface area contributed by atoms with E-state index in [2.05, 4.69) is 21.2 Å². The monoisotopic (exact) mass is 292 g/mol. The van der Waals surface area contributed by atoms with E-state index in [1.807, 2.05) is 44.4 Å². The lowest BCUT2D eigenvalue weighted by Crippen LogP contribution is -2.15. The molecule has 1 aromatic heterocycles. The van der Waals surface area contributed by atoms with Crippen LogP contribution in [-0.4, -0.2) is 10.5 Å². The minimum atomic E-state index is -0.109. The highest BCUT2D eigenvalue weighted by atomic mass is 79.9. The van der Waals surface area contributed by atoms with Crippen LogP contribution in [0, 0.1) is 6.92 Å². The van der Waals surface area contributed by atoms with Gasteiger partial charge in [-0.15, -0.1) is 0 Å². The van der Waals surface area contributed by atoms with Crippen molar-refractivity contribution < 1.29 is 4.79 Å². The summed E-state index contributed by atoms with van der Waals surface area (Å²) in [6.45, 7) is 2.01. The summed E-state index contributed by atoms with van der Waals surface area (Å²) in [6.07, 6.45) is 1.85. The first-order valence-corrected chi connectivity index (χ1v) is 6.06. The Kier molecular flexibility index (Phi) is 3.33. The molecule has 0 atom stereocenters. The Labute approximate surface area is 109 Å². The number of benzene rings is 1. The van der Waals surface area contributed by atoms with Gasteiger partial charge in [-0.25, -0.2) is 0 Å². The van der Waals surface area contributed by atoms with Crippen molar-refractivity contribution in [1.29, 1.82) is 0 Å². The van der Waals surface area contributed by atoms with E-state index < -0.39 is 0 Å². The van der Waals surface area contributed by atoms with Crippen molar-refractivity contribution in [3.8, 4) is 0 Å². The number of nitrogens with zero attached hydrogens (tertiary/aromatic N) is 1. The predicted molar refractivity (Wildman–Crippen MR) is 72.2 cm³/mol. The van der Waals surface area contributed by atoms with Crippen LogP contribution in [0.1, 0.15) is 16.1 Å². The Morgan fingerprint density at radius 2 is 2.12 bits per heavy atom. The molecule has 0 aliphatic rings. The number of hydrogen-bond acceptors (Lipinski definition) is 1. The van der Waals surface area contributed by atoms with Gasteiger partial charge in [0.1, 0.15) is 5.69 Å². The van der Waals surface area contributed by atoms with Crippen molar-refractivity contribution in [2.75, 3.05) is 5.32 Å². The maximum atomic E-state index is 12.0. The van der Waals surface area contributed by atoms with Crippen LogP contribution in [0.4, 0.5) is 5.69 Å². The van der Waals surface area contributed by atoms with E-state index in [1.165, 1.54) is 0 Å². The fourth-order valence-electron chi connectivity index (χ4n) is 1.60. The molecule has 0 aliphatic heterocycles. The molecule has 17 heavy (non-hydrogen) atoms. The van der Waals surface area contributed by atoms with Crippen molar-refractivity contribution in [3.63, 3.8) is 0 Å². The fourth-order valence-corrected chi connectivity index (χ4v) is 2.20. The molecular weight excluding hydrogens is 280 g/mol. The first-order chi connectivity index (χ1) is 8.08. The quantitative estimate of drug-likeness (QED) is 0.905. The second-order valence-electron chi connectivity index (χ2n) is 3.94. The minimum absolute atomic E-state index is 0.109.